The third kappa shape index (κ3) is 3.16. The lowest BCUT2D eigenvalue weighted by Gasteiger charge is -2.07. The van der Waals surface area contributed by atoms with Gasteiger partial charge >= 0.3 is 0 Å². The number of rotatable bonds is 5. The van der Waals surface area contributed by atoms with Crippen LogP contribution in [0.2, 0.25) is 0 Å². The van der Waals surface area contributed by atoms with Crippen LogP contribution in [0.3, 0.4) is 0 Å². The van der Waals surface area contributed by atoms with E-state index in [0.717, 1.165) is 5.69 Å². The fourth-order valence-electron chi connectivity index (χ4n) is 2.74. The number of anilines is 1. The molecule has 3 N–H and O–H groups in total. The lowest BCUT2D eigenvalue weighted by atomic mass is 10.3. The van der Waals surface area contributed by atoms with Crippen LogP contribution in [-0.4, -0.2) is 31.1 Å². The van der Waals surface area contributed by atoms with Gasteiger partial charge in [0.05, 0.1) is 17.4 Å². The molecule has 0 unspecified atom stereocenters. The number of primary amides is 1. The van der Waals surface area contributed by atoms with E-state index >= 15 is 0 Å². The average Bonchev–Trinajstić information content (AvgIpc) is 3.32. The lowest BCUT2D eigenvalue weighted by Crippen LogP contribution is -2.28. The molecule has 9 nitrogen and oxygen atoms in total. The molecule has 0 radical (unpaired) electrons. The first-order chi connectivity index (χ1) is 13.5. The molecule has 28 heavy (non-hydrogen) atoms. The molecule has 2 amide bonds. The molecular formula is C18H14N6O3S. The van der Waals surface area contributed by atoms with E-state index in [-0.39, 0.29) is 17.7 Å². The summed E-state index contributed by atoms with van der Waals surface area (Å²) in [5, 5.41) is 9.12. The van der Waals surface area contributed by atoms with Crippen LogP contribution in [0.15, 0.2) is 59.1 Å². The number of carbonyl (C=O) groups is 2. The molecule has 0 aliphatic rings. The highest BCUT2D eigenvalue weighted by molar-refractivity contribution is 7.14. The molecule has 0 aliphatic heterocycles. The Bertz CT molecular complexity index is 1240. The largest absolute Gasteiger partial charge is 0.366 e. The number of hydrogen-bond acceptors (Lipinski definition) is 6. The van der Waals surface area contributed by atoms with Crippen molar-refractivity contribution in [3.63, 3.8) is 0 Å². The predicted octanol–water partition coefficient (Wildman–Crippen LogP) is 1.38. The van der Waals surface area contributed by atoms with Gasteiger partial charge in [0.25, 0.3) is 11.5 Å². The van der Waals surface area contributed by atoms with Crippen LogP contribution in [0.1, 0.15) is 10.4 Å². The second kappa shape index (κ2) is 7.08. The van der Waals surface area contributed by atoms with Gasteiger partial charge in [0.2, 0.25) is 5.91 Å². The molecular weight excluding hydrogens is 380 g/mol. The number of aromatic nitrogens is 4. The number of para-hydroxylation sites is 1. The summed E-state index contributed by atoms with van der Waals surface area (Å²) in [6, 6.07) is 10.8. The molecule has 0 spiro atoms. The van der Waals surface area contributed by atoms with E-state index in [1.807, 2.05) is 30.3 Å². The van der Waals surface area contributed by atoms with Crippen molar-refractivity contribution in [2.45, 2.75) is 6.54 Å². The van der Waals surface area contributed by atoms with Crippen molar-refractivity contribution < 1.29 is 9.59 Å². The van der Waals surface area contributed by atoms with Gasteiger partial charge in [-0.05, 0) is 23.6 Å². The molecule has 3 heterocycles. The second-order valence-corrected chi connectivity index (χ2v) is 6.80. The predicted molar refractivity (Wildman–Crippen MR) is 105 cm³/mol. The highest BCUT2D eigenvalue weighted by atomic mass is 32.1. The minimum absolute atomic E-state index is 0.225. The number of hydrogen-bond donors (Lipinski definition) is 2. The average molecular weight is 394 g/mol. The maximum Gasteiger partial charge on any atom is 0.264 e. The van der Waals surface area contributed by atoms with Crippen molar-refractivity contribution in [3.8, 4) is 5.69 Å². The van der Waals surface area contributed by atoms with Crippen molar-refractivity contribution in [1.29, 1.82) is 0 Å². The summed E-state index contributed by atoms with van der Waals surface area (Å²) in [6.45, 7) is -0.256. The fourth-order valence-corrected chi connectivity index (χ4v) is 3.55. The van der Waals surface area contributed by atoms with E-state index in [1.54, 1.807) is 10.1 Å². The monoisotopic (exact) mass is 394 g/mol. The van der Waals surface area contributed by atoms with E-state index in [2.05, 4.69) is 15.4 Å². The van der Waals surface area contributed by atoms with Crippen molar-refractivity contribution in [3.05, 3.63) is 70.2 Å². The Hall–Kier alpha value is -3.79. The van der Waals surface area contributed by atoms with Crippen molar-refractivity contribution in [2.24, 2.45) is 5.73 Å². The number of carbonyl (C=O) groups excluding carboxylic acids is 2. The van der Waals surface area contributed by atoms with Gasteiger partial charge in [-0.3, -0.25) is 19.0 Å². The zero-order valence-electron chi connectivity index (χ0n) is 14.4. The van der Waals surface area contributed by atoms with Gasteiger partial charge in [-0.25, -0.2) is 9.67 Å². The van der Waals surface area contributed by atoms with Gasteiger partial charge in [0, 0.05) is 0 Å². The van der Waals surface area contributed by atoms with Gasteiger partial charge in [-0.1, -0.05) is 18.2 Å². The number of nitrogens with one attached hydrogen (secondary N) is 1. The quantitative estimate of drug-likeness (QED) is 0.529. The van der Waals surface area contributed by atoms with Crippen LogP contribution in [0, 0.1) is 0 Å². The van der Waals surface area contributed by atoms with Crippen LogP contribution in [0.25, 0.3) is 16.7 Å². The zero-order valence-corrected chi connectivity index (χ0v) is 15.2. The van der Waals surface area contributed by atoms with Crippen LogP contribution < -0.4 is 16.6 Å². The molecule has 4 aromatic rings. The number of amides is 2. The number of fused-ring (bicyclic) bond motifs is 1. The summed E-state index contributed by atoms with van der Waals surface area (Å²) in [4.78, 5) is 40.6. The van der Waals surface area contributed by atoms with Gasteiger partial charge in [-0.15, -0.1) is 11.3 Å². The molecule has 1 aromatic carbocycles. The van der Waals surface area contributed by atoms with E-state index in [0.29, 0.717) is 16.0 Å². The highest BCUT2D eigenvalue weighted by Gasteiger charge is 2.15. The molecule has 0 aliphatic carbocycles. The number of thiophene rings is 1. The van der Waals surface area contributed by atoms with Crippen LogP contribution in [0.5, 0.6) is 0 Å². The summed E-state index contributed by atoms with van der Waals surface area (Å²) >= 11 is 1.18. The maximum absolute atomic E-state index is 12.7. The standard InChI is InChI=1S/C18H14N6O3S/c19-15(26)12-6-7-28-17(12)22-14(25)9-23-10-20-16-13(18(23)27)8-21-24(16)11-4-2-1-3-5-11/h1-8,10H,9H2,(H2,19,26)(H,22,25). The van der Waals surface area contributed by atoms with Gasteiger partial charge in [-0.2, -0.15) is 5.10 Å². The molecule has 0 saturated carbocycles. The number of nitrogens with zero attached hydrogens (tertiary/aromatic N) is 4. The second-order valence-electron chi connectivity index (χ2n) is 5.88. The summed E-state index contributed by atoms with van der Waals surface area (Å²) in [6.07, 6.45) is 2.73. The summed E-state index contributed by atoms with van der Waals surface area (Å²) < 4.78 is 2.75. The summed E-state index contributed by atoms with van der Waals surface area (Å²) in [7, 11) is 0. The van der Waals surface area contributed by atoms with Crippen LogP contribution in [0.4, 0.5) is 5.00 Å². The Labute approximate surface area is 162 Å². The molecule has 10 heteroatoms. The van der Waals surface area contributed by atoms with E-state index in [4.69, 9.17) is 5.73 Å². The normalized spacial score (nSPS) is 10.9. The van der Waals surface area contributed by atoms with Crippen LogP contribution in [-0.2, 0) is 11.3 Å². The molecule has 0 fully saturated rings. The molecule has 140 valence electrons. The molecule has 0 saturated heterocycles. The maximum atomic E-state index is 12.7. The first-order valence-corrected chi connectivity index (χ1v) is 9.08. The Balaban J connectivity index is 1.61. The van der Waals surface area contributed by atoms with Crippen molar-refractivity contribution in [2.75, 3.05) is 5.32 Å². The summed E-state index contributed by atoms with van der Waals surface area (Å²) in [5.74, 6) is -1.10. The molecule has 4 rings (SSSR count). The Morgan fingerprint density at radius 1 is 1.18 bits per heavy atom. The van der Waals surface area contributed by atoms with Crippen LogP contribution >= 0.6 is 11.3 Å². The van der Waals surface area contributed by atoms with Gasteiger partial charge in [0.1, 0.15) is 23.3 Å². The Morgan fingerprint density at radius 2 is 1.96 bits per heavy atom. The lowest BCUT2D eigenvalue weighted by molar-refractivity contribution is -0.116. The Kier molecular flexibility index (Phi) is 4.45. The highest BCUT2D eigenvalue weighted by Crippen LogP contribution is 2.22. The van der Waals surface area contributed by atoms with E-state index in [1.165, 1.54) is 34.5 Å². The third-order valence-corrected chi connectivity index (χ3v) is 4.88. The first-order valence-electron chi connectivity index (χ1n) is 8.20. The number of benzene rings is 1. The zero-order chi connectivity index (χ0) is 19.7. The van der Waals surface area contributed by atoms with E-state index < -0.39 is 11.8 Å². The van der Waals surface area contributed by atoms with E-state index in [9.17, 15) is 14.4 Å². The minimum atomic E-state index is -0.634. The minimum Gasteiger partial charge on any atom is -0.366 e. The van der Waals surface area contributed by atoms with Crippen molar-refractivity contribution >= 4 is 39.2 Å². The molecule has 3 aromatic heterocycles. The third-order valence-electron chi connectivity index (χ3n) is 4.05. The number of nitrogens with two attached hydrogens (primary N) is 1. The van der Waals surface area contributed by atoms with Gasteiger partial charge in [0.15, 0.2) is 5.65 Å². The first kappa shape index (κ1) is 17.6. The fraction of sp³-hybridized carbons (Fsp3) is 0.0556. The molecule has 0 bridgehead atoms. The molecule has 0 atom stereocenters. The Morgan fingerprint density at radius 3 is 2.71 bits per heavy atom. The van der Waals surface area contributed by atoms with Gasteiger partial charge < -0.3 is 11.1 Å². The smallest absolute Gasteiger partial charge is 0.264 e. The summed E-state index contributed by atoms with van der Waals surface area (Å²) in [5.41, 5.74) is 6.29. The SMILES string of the molecule is NC(=O)c1ccsc1NC(=O)Cn1cnc2c(cnn2-c2ccccc2)c1=O. The topological polar surface area (TPSA) is 125 Å². The van der Waals surface area contributed by atoms with Crippen molar-refractivity contribution in [1.82, 2.24) is 19.3 Å².